The van der Waals surface area contributed by atoms with E-state index in [2.05, 4.69) is 19.2 Å². The summed E-state index contributed by atoms with van der Waals surface area (Å²) < 4.78 is 10.2. The summed E-state index contributed by atoms with van der Waals surface area (Å²) in [7, 11) is 0. The molecule has 0 atom stereocenters. The van der Waals surface area contributed by atoms with Crippen molar-refractivity contribution in [1.29, 1.82) is 0 Å². The summed E-state index contributed by atoms with van der Waals surface area (Å²) in [5, 5.41) is 7.01. The Morgan fingerprint density at radius 3 is 3.10 bits per heavy atom. The number of nitrogens with zero attached hydrogens (tertiary/aromatic N) is 4. The van der Waals surface area contributed by atoms with Crippen molar-refractivity contribution in [1.82, 2.24) is 23.8 Å². The number of hydrogen-bond acceptors (Lipinski definition) is 6. The fraction of sp³-hybridized carbons (Fsp3) is 0.500. The van der Waals surface area contributed by atoms with E-state index in [9.17, 15) is 4.79 Å². The molecule has 6 nitrogen and oxygen atoms in total. The lowest BCUT2D eigenvalue weighted by atomic mass is 10.4. The molecule has 0 fully saturated rings. The minimum atomic E-state index is 0.0660. The van der Waals surface area contributed by atoms with E-state index >= 15 is 0 Å². The van der Waals surface area contributed by atoms with Crippen LogP contribution in [0.5, 0.6) is 0 Å². The number of hydrogen-bond donors (Lipinski definition) is 1. The molecule has 2 aromatic rings. The second kappa shape index (κ2) is 8.01. The number of carbonyl (C=O) groups is 1. The van der Waals surface area contributed by atoms with Gasteiger partial charge in [0, 0.05) is 31.2 Å². The number of amides is 1. The van der Waals surface area contributed by atoms with Crippen molar-refractivity contribution in [3.05, 3.63) is 29.8 Å². The van der Waals surface area contributed by atoms with Gasteiger partial charge < -0.3 is 5.32 Å². The molecule has 0 aliphatic rings. The van der Waals surface area contributed by atoms with Crippen LogP contribution in [0.2, 0.25) is 0 Å². The molecular weight excluding hydrogens is 294 g/mol. The summed E-state index contributed by atoms with van der Waals surface area (Å²) in [5.74, 6) is 1.26. The maximum absolute atomic E-state index is 11.6. The first-order chi connectivity index (χ1) is 9.75. The highest BCUT2D eigenvalue weighted by Gasteiger charge is 2.05. The molecule has 0 unspecified atom stereocenters. The summed E-state index contributed by atoms with van der Waals surface area (Å²) >= 11 is 2.78. The maximum atomic E-state index is 11.6. The van der Waals surface area contributed by atoms with E-state index < -0.39 is 0 Å². The van der Waals surface area contributed by atoms with Gasteiger partial charge in [-0.3, -0.25) is 9.48 Å². The van der Waals surface area contributed by atoms with Gasteiger partial charge >= 0.3 is 0 Å². The summed E-state index contributed by atoms with van der Waals surface area (Å²) in [6.45, 7) is 3.44. The predicted molar refractivity (Wildman–Crippen MR) is 80.7 cm³/mol. The molecule has 0 spiro atoms. The first-order valence-corrected chi connectivity index (χ1v) is 8.24. The van der Waals surface area contributed by atoms with Crippen LogP contribution in [0.25, 0.3) is 0 Å². The van der Waals surface area contributed by atoms with Gasteiger partial charge in [0.1, 0.15) is 0 Å². The Morgan fingerprint density at radius 2 is 2.40 bits per heavy atom. The zero-order valence-electron chi connectivity index (χ0n) is 11.3. The van der Waals surface area contributed by atoms with Gasteiger partial charge in [0.15, 0.2) is 0 Å². The molecular formula is C12H17N5OS2. The second-order valence-electron chi connectivity index (χ2n) is 4.26. The Bertz CT molecular complexity index is 526. The molecule has 0 saturated carbocycles. The smallest absolute Gasteiger partial charge is 0.230 e. The van der Waals surface area contributed by atoms with Crippen LogP contribution < -0.4 is 5.32 Å². The summed E-state index contributed by atoms with van der Waals surface area (Å²) in [4.78, 5) is 11.6. The molecule has 20 heavy (non-hydrogen) atoms. The monoisotopic (exact) mass is 311 g/mol. The molecule has 1 amide bonds. The minimum absolute atomic E-state index is 0.0660. The number of rotatable bonds is 8. The molecule has 2 rings (SSSR count). The SMILES string of the molecule is Cc1nsnc1CSCC(=O)NCCCn1cccn1. The minimum Gasteiger partial charge on any atom is -0.355 e. The van der Waals surface area contributed by atoms with Gasteiger partial charge in [-0.2, -0.15) is 13.8 Å². The van der Waals surface area contributed by atoms with Crippen LogP contribution in [0.15, 0.2) is 18.5 Å². The van der Waals surface area contributed by atoms with Crippen molar-refractivity contribution in [2.24, 2.45) is 0 Å². The standard InChI is InChI=1S/C12H17N5OS2/c1-10-11(16-20-15-10)8-19-9-12(18)13-4-2-6-17-7-3-5-14-17/h3,5,7H,2,4,6,8-9H2,1H3,(H,13,18). The number of aryl methyl sites for hydroxylation is 2. The Balaban J connectivity index is 1.53. The lowest BCUT2D eigenvalue weighted by Gasteiger charge is -2.05. The molecule has 2 aromatic heterocycles. The van der Waals surface area contributed by atoms with E-state index in [0.29, 0.717) is 12.3 Å². The van der Waals surface area contributed by atoms with Crippen molar-refractivity contribution in [3.8, 4) is 0 Å². The van der Waals surface area contributed by atoms with E-state index in [1.807, 2.05) is 23.9 Å². The maximum Gasteiger partial charge on any atom is 0.230 e. The molecule has 1 N–H and O–H groups in total. The molecule has 108 valence electrons. The highest BCUT2D eigenvalue weighted by atomic mass is 32.2. The van der Waals surface area contributed by atoms with Gasteiger partial charge in [0.25, 0.3) is 0 Å². The topological polar surface area (TPSA) is 72.7 Å². The van der Waals surface area contributed by atoms with E-state index in [4.69, 9.17) is 0 Å². The van der Waals surface area contributed by atoms with E-state index in [1.54, 1.807) is 18.0 Å². The highest BCUT2D eigenvalue weighted by molar-refractivity contribution is 7.99. The second-order valence-corrected chi connectivity index (χ2v) is 5.78. The zero-order valence-corrected chi connectivity index (χ0v) is 12.9. The normalized spacial score (nSPS) is 10.7. The first kappa shape index (κ1) is 15.0. The third kappa shape index (κ3) is 4.93. The van der Waals surface area contributed by atoms with Crippen molar-refractivity contribution in [2.45, 2.75) is 25.6 Å². The molecule has 0 aromatic carbocycles. The third-order valence-electron chi connectivity index (χ3n) is 2.66. The third-order valence-corrected chi connectivity index (χ3v) is 4.27. The van der Waals surface area contributed by atoms with Gasteiger partial charge in [-0.05, 0) is 19.4 Å². The Hall–Kier alpha value is -1.41. The number of nitrogens with one attached hydrogen (secondary N) is 1. The van der Waals surface area contributed by atoms with Gasteiger partial charge in [-0.15, -0.1) is 11.8 Å². The van der Waals surface area contributed by atoms with E-state index in [1.165, 1.54) is 11.7 Å². The highest BCUT2D eigenvalue weighted by Crippen LogP contribution is 2.13. The number of carbonyl (C=O) groups excluding carboxylic acids is 1. The molecule has 0 aliphatic carbocycles. The summed E-state index contributed by atoms with van der Waals surface area (Å²) in [5.41, 5.74) is 1.94. The molecule has 0 bridgehead atoms. The largest absolute Gasteiger partial charge is 0.355 e. The molecule has 0 aliphatic heterocycles. The molecule has 2 heterocycles. The lowest BCUT2D eigenvalue weighted by molar-refractivity contribution is -0.118. The van der Waals surface area contributed by atoms with Crippen LogP contribution >= 0.6 is 23.5 Å². The van der Waals surface area contributed by atoms with E-state index in [0.717, 1.165) is 30.1 Å². The van der Waals surface area contributed by atoms with Crippen LogP contribution in [0.1, 0.15) is 17.8 Å². The van der Waals surface area contributed by atoms with Crippen LogP contribution in [0.3, 0.4) is 0 Å². The average Bonchev–Trinajstić information content (AvgIpc) is 3.07. The lowest BCUT2D eigenvalue weighted by Crippen LogP contribution is -2.27. The first-order valence-electron chi connectivity index (χ1n) is 6.35. The Morgan fingerprint density at radius 1 is 1.50 bits per heavy atom. The summed E-state index contributed by atoms with van der Waals surface area (Å²) in [6, 6.07) is 1.89. The van der Waals surface area contributed by atoms with Crippen molar-refractivity contribution in [2.75, 3.05) is 12.3 Å². The van der Waals surface area contributed by atoms with Crippen molar-refractivity contribution >= 4 is 29.4 Å². The quantitative estimate of drug-likeness (QED) is 0.748. The van der Waals surface area contributed by atoms with Crippen LogP contribution in [0.4, 0.5) is 0 Å². The van der Waals surface area contributed by atoms with Crippen LogP contribution in [0, 0.1) is 6.92 Å². The zero-order chi connectivity index (χ0) is 14.2. The van der Waals surface area contributed by atoms with E-state index in [-0.39, 0.29) is 5.91 Å². The van der Waals surface area contributed by atoms with Gasteiger partial charge in [-0.25, -0.2) is 0 Å². The average molecular weight is 311 g/mol. The molecule has 0 radical (unpaired) electrons. The van der Waals surface area contributed by atoms with Gasteiger partial charge in [0.05, 0.1) is 28.9 Å². The predicted octanol–water partition coefficient (Wildman–Crippen LogP) is 1.48. The van der Waals surface area contributed by atoms with Crippen molar-refractivity contribution in [3.63, 3.8) is 0 Å². The Labute approximate surface area is 126 Å². The molecule has 0 saturated heterocycles. The van der Waals surface area contributed by atoms with Crippen molar-refractivity contribution < 1.29 is 4.79 Å². The fourth-order valence-corrected chi connectivity index (χ4v) is 3.08. The fourth-order valence-electron chi connectivity index (χ4n) is 1.57. The number of thioether (sulfide) groups is 1. The molecule has 8 heteroatoms. The number of aromatic nitrogens is 4. The van der Waals surface area contributed by atoms with Gasteiger partial charge in [-0.1, -0.05) is 0 Å². The Kier molecular flexibility index (Phi) is 6.00. The summed E-state index contributed by atoms with van der Waals surface area (Å²) in [6.07, 6.45) is 4.56. The van der Waals surface area contributed by atoms with Gasteiger partial charge in [0.2, 0.25) is 5.91 Å². The van der Waals surface area contributed by atoms with Crippen LogP contribution in [-0.4, -0.2) is 36.7 Å². The van der Waals surface area contributed by atoms with Crippen LogP contribution in [-0.2, 0) is 17.1 Å².